The summed E-state index contributed by atoms with van der Waals surface area (Å²) in [6.07, 6.45) is 4.74. The van der Waals surface area contributed by atoms with Crippen LogP contribution in [0.5, 0.6) is 5.75 Å². The summed E-state index contributed by atoms with van der Waals surface area (Å²) in [5, 5.41) is 8.79. The number of hydrogen-bond donors (Lipinski definition) is 2. The number of ether oxygens (including phenoxy) is 1. The van der Waals surface area contributed by atoms with Gasteiger partial charge in [0.2, 0.25) is 0 Å². The number of rotatable bonds is 8. The second kappa shape index (κ2) is 7.90. The third-order valence-electron chi connectivity index (χ3n) is 3.60. The largest absolute Gasteiger partial charge is 0.490 e. The maximum atomic E-state index is 14.2. The summed E-state index contributed by atoms with van der Waals surface area (Å²) < 4.78 is 47.4. The van der Waals surface area contributed by atoms with Crippen LogP contribution in [0, 0.1) is 17.5 Å². The molecule has 1 aromatic heterocycles. The third-order valence-corrected chi connectivity index (χ3v) is 3.60. The van der Waals surface area contributed by atoms with Crippen molar-refractivity contribution in [2.75, 3.05) is 6.61 Å². The Bertz CT molecular complexity index is 728. The normalized spacial score (nSPS) is 10.8. The number of H-pyrrole nitrogens is 1. The van der Waals surface area contributed by atoms with Crippen LogP contribution in [-0.2, 0) is 0 Å². The van der Waals surface area contributed by atoms with Crippen LogP contribution in [0.15, 0.2) is 18.3 Å². The molecule has 7 heteroatoms. The molecule has 0 aliphatic heterocycles. The Labute approximate surface area is 137 Å². The van der Waals surface area contributed by atoms with Crippen molar-refractivity contribution in [1.82, 2.24) is 4.98 Å². The van der Waals surface area contributed by atoms with Gasteiger partial charge in [-0.3, -0.25) is 0 Å². The minimum Gasteiger partial charge on any atom is -0.490 e. The predicted molar refractivity (Wildman–Crippen MR) is 82.7 cm³/mol. The molecule has 0 spiro atoms. The second-order valence-electron chi connectivity index (χ2n) is 5.37. The molecule has 0 amide bonds. The first kappa shape index (κ1) is 17.9. The number of aromatic nitrogens is 1. The fourth-order valence-electron chi connectivity index (χ4n) is 2.31. The molecule has 24 heavy (non-hydrogen) atoms. The Kier molecular flexibility index (Phi) is 5.89. The fourth-order valence-corrected chi connectivity index (χ4v) is 2.31. The third kappa shape index (κ3) is 3.90. The SMILES string of the molecule is CCCCCCOc1cc(F)c(-c2c[nH]c(C(=O)O)c2F)cc1F. The molecule has 2 rings (SSSR count). The van der Waals surface area contributed by atoms with Gasteiger partial charge in [0.25, 0.3) is 0 Å². The second-order valence-corrected chi connectivity index (χ2v) is 5.37. The van der Waals surface area contributed by atoms with Crippen LogP contribution in [0.2, 0.25) is 0 Å². The highest BCUT2D eigenvalue weighted by Gasteiger charge is 2.21. The summed E-state index contributed by atoms with van der Waals surface area (Å²) in [4.78, 5) is 13.0. The average Bonchev–Trinajstić information content (AvgIpc) is 2.91. The highest BCUT2D eigenvalue weighted by Crippen LogP contribution is 2.32. The maximum absolute atomic E-state index is 14.2. The summed E-state index contributed by atoms with van der Waals surface area (Å²) in [5.41, 5.74) is -1.42. The van der Waals surface area contributed by atoms with Crippen molar-refractivity contribution < 1.29 is 27.8 Å². The first-order valence-corrected chi connectivity index (χ1v) is 7.68. The van der Waals surface area contributed by atoms with Crippen molar-refractivity contribution in [2.45, 2.75) is 32.6 Å². The van der Waals surface area contributed by atoms with E-state index in [0.717, 1.165) is 44.0 Å². The molecule has 1 aromatic carbocycles. The molecule has 0 bridgehead atoms. The van der Waals surface area contributed by atoms with E-state index < -0.39 is 29.1 Å². The molecule has 0 atom stereocenters. The minimum atomic E-state index is -1.52. The molecule has 130 valence electrons. The molecule has 0 aliphatic rings. The van der Waals surface area contributed by atoms with Gasteiger partial charge in [-0.2, -0.15) is 0 Å². The van der Waals surface area contributed by atoms with Gasteiger partial charge in [0, 0.05) is 23.4 Å². The Morgan fingerprint density at radius 3 is 2.50 bits per heavy atom. The van der Waals surface area contributed by atoms with Crippen LogP contribution >= 0.6 is 0 Å². The fraction of sp³-hybridized carbons (Fsp3) is 0.353. The Hall–Kier alpha value is -2.44. The number of carboxylic acid groups (broad SMARTS) is 1. The van der Waals surface area contributed by atoms with E-state index in [0.29, 0.717) is 0 Å². The lowest BCUT2D eigenvalue weighted by molar-refractivity contribution is 0.0686. The molecule has 0 fully saturated rings. The highest BCUT2D eigenvalue weighted by molar-refractivity contribution is 5.88. The smallest absolute Gasteiger partial charge is 0.355 e. The Morgan fingerprint density at radius 2 is 1.88 bits per heavy atom. The van der Waals surface area contributed by atoms with Gasteiger partial charge in [-0.1, -0.05) is 26.2 Å². The zero-order valence-corrected chi connectivity index (χ0v) is 13.2. The number of aromatic carboxylic acids is 1. The molecule has 0 unspecified atom stereocenters. The van der Waals surface area contributed by atoms with Crippen LogP contribution in [0.4, 0.5) is 13.2 Å². The molecule has 2 aromatic rings. The minimum absolute atomic E-state index is 0.248. The first-order chi connectivity index (χ1) is 11.5. The predicted octanol–water partition coefficient (Wildman–Crippen LogP) is 4.76. The van der Waals surface area contributed by atoms with Gasteiger partial charge in [0.05, 0.1) is 6.61 Å². The zero-order chi connectivity index (χ0) is 17.7. The summed E-state index contributed by atoms with van der Waals surface area (Å²) in [6.45, 7) is 2.32. The van der Waals surface area contributed by atoms with Gasteiger partial charge < -0.3 is 14.8 Å². The number of unbranched alkanes of at least 4 members (excludes halogenated alkanes) is 3. The number of carbonyl (C=O) groups is 1. The topological polar surface area (TPSA) is 62.3 Å². The van der Waals surface area contributed by atoms with Crippen molar-refractivity contribution in [2.24, 2.45) is 0 Å². The Balaban J connectivity index is 2.19. The summed E-state index contributed by atoms with van der Waals surface area (Å²) in [6, 6.07) is 1.64. The lowest BCUT2D eigenvalue weighted by Crippen LogP contribution is -2.01. The quantitative estimate of drug-likeness (QED) is 0.681. The Morgan fingerprint density at radius 1 is 1.12 bits per heavy atom. The summed E-state index contributed by atoms with van der Waals surface area (Å²) in [7, 11) is 0. The number of carboxylic acids is 1. The van der Waals surface area contributed by atoms with Gasteiger partial charge in [-0.15, -0.1) is 0 Å². The highest BCUT2D eigenvalue weighted by atomic mass is 19.1. The van der Waals surface area contributed by atoms with E-state index in [2.05, 4.69) is 11.9 Å². The van der Waals surface area contributed by atoms with E-state index in [1.54, 1.807) is 0 Å². The molecule has 4 nitrogen and oxygen atoms in total. The number of halogens is 3. The van der Waals surface area contributed by atoms with Crippen molar-refractivity contribution in [3.05, 3.63) is 41.5 Å². The van der Waals surface area contributed by atoms with Crippen molar-refractivity contribution in [3.63, 3.8) is 0 Å². The van der Waals surface area contributed by atoms with Gasteiger partial charge in [-0.25, -0.2) is 18.0 Å². The molecule has 0 saturated carbocycles. The first-order valence-electron chi connectivity index (χ1n) is 7.68. The standard InChI is InChI=1S/C17H18F3NO3/c1-2-3-4-5-6-24-14-8-12(18)10(7-13(14)19)11-9-21-16(15(11)20)17(22)23/h7-9,21H,2-6H2,1H3,(H,22,23). The van der Waals surface area contributed by atoms with Gasteiger partial charge in [-0.05, 0) is 12.5 Å². The average molecular weight is 341 g/mol. The summed E-state index contributed by atoms with van der Waals surface area (Å²) in [5.74, 6) is -4.64. The van der Waals surface area contributed by atoms with Gasteiger partial charge >= 0.3 is 5.97 Å². The molecule has 0 aliphatic carbocycles. The maximum Gasteiger partial charge on any atom is 0.355 e. The van der Waals surface area contributed by atoms with Crippen LogP contribution < -0.4 is 4.74 Å². The van der Waals surface area contributed by atoms with Gasteiger partial charge in [0.1, 0.15) is 5.82 Å². The van der Waals surface area contributed by atoms with Crippen LogP contribution in [0.3, 0.4) is 0 Å². The van der Waals surface area contributed by atoms with E-state index in [1.165, 1.54) is 0 Å². The van der Waals surface area contributed by atoms with E-state index in [-0.39, 0.29) is 23.5 Å². The van der Waals surface area contributed by atoms with E-state index in [4.69, 9.17) is 9.84 Å². The van der Waals surface area contributed by atoms with E-state index >= 15 is 0 Å². The van der Waals surface area contributed by atoms with Crippen LogP contribution in [0.25, 0.3) is 11.1 Å². The van der Waals surface area contributed by atoms with Crippen molar-refractivity contribution in [3.8, 4) is 16.9 Å². The van der Waals surface area contributed by atoms with Crippen molar-refractivity contribution in [1.29, 1.82) is 0 Å². The van der Waals surface area contributed by atoms with Crippen LogP contribution in [-0.4, -0.2) is 22.7 Å². The van der Waals surface area contributed by atoms with E-state index in [1.807, 2.05) is 0 Å². The number of benzene rings is 1. The summed E-state index contributed by atoms with van der Waals surface area (Å²) >= 11 is 0. The lowest BCUT2D eigenvalue weighted by Gasteiger charge is -2.09. The van der Waals surface area contributed by atoms with Crippen LogP contribution in [0.1, 0.15) is 43.1 Å². The van der Waals surface area contributed by atoms with Crippen molar-refractivity contribution >= 4 is 5.97 Å². The lowest BCUT2D eigenvalue weighted by atomic mass is 10.1. The molecular weight excluding hydrogens is 323 g/mol. The van der Waals surface area contributed by atoms with E-state index in [9.17, 15) is 18.0 Å². The number of hydrogen-bond acceptors (Lipinski definition) is 2. The molecule has 2 N–H and O–H groups in total. The van der Waals surface area contributed by atoms with Gasteiger partial charge in [0.15, 0.2) is 23.1 Å². The molecule has 1 heterocycles. The number of aromatic amines is 1. The zero-order valence-electron chi connectivity index (χ0n) is 13.2. The molecular formula is C17H18F3NO3. The molecule has 0 radical (unpaired) electrons. The number of nitrogens with one attached hydrogen (secondary N) is 1. The monoisotopic (exact) mass is 341 g/mol. The molecule has 0 saturated heterocycles.